The molecular formula is C56H50O. The minimum absolute atomic E-state index is 0.653. The first-order chi connectivity index (χ1) is 27.9. The Hall–Kier alpha value is -6.96. The molecule has 0 spiro atoms. The minimum atomic E-state index is 0.653. The molecule has 1 aliphatic rings. The van der Waals surface area contributed by atoms with E-state index in [1.165, 1.54) is 66.8 Å². The second kappa shape index (κ2) is 21.2. The molecule has 1 heteroatoms. The summed E-state index contributed by atoms with van der Waals surface area (Å²) < 4.78 is 5.72. The van der Waals surface area contributed by atoms with Crippen molar-refractivity contribution < 1.29 is 4.74 Å². The van der Waals surface area contributed by atoms with Crippen LogP contribution >= 0.6 is 0 Å². The summed E-state index contributed by atoms with van der Waals surface area (Å²) in [5.74, 6) is 0.916. The van der Waals surface area contributed by atoms with Crippen molar-refractivity contribution in [3.8, 4) is 0 Å². The largest absolute Gasteiger partial charge is 0.489 e. The topological polar surface area (TPSA) is 9.23 Å². The van der Waals surface area contributed by atoms with Crippen molar-refractivity contribution in [1.82, 2.24) is 0 Å². The van der Waals surface area contributed by atoms with Crippen molar-refractivity contribution in [3.63, 3.8) is 0 Å². The van der Waals surface area contributed by atoms with Gasteiger partial charge in [-0.25, -0.2) is 0 Å². The summed E-state index contributed by atoms with van der Waals surface area (Å²) in [6.45, 7) is 6.96. The molecule has 0 N–H and O–H groups in total. The number of ether oxygens (including phenoxy) is 1. The first-order valence-electron chi connectivity index (χ1n) is 19.5. The SMILES string of the molecule is Cc1ccc(/C=C/C2=Cc3ccccc3CO2)cc1.Cc1ccc(/C=C/c2ccc(/C=C/c3ccccc3)cc2)cc1.Cc1ccc(/C=C/c2ccccc2)cc1. The van der Waals surface area contributed by atoms with E-state index in [0.29, 0.717) is 6.61 Å². The van der Waals surface area contributed by atoms with Crippen LogP contribution in [-0.4, -0.2) is 0 Å². The molecule has 0 unspecified atom stereocenters. The standard InChI is InChI=1S/C23H20.C18H16O.C15H14/c1-19-7-9-21(10-8-19)13-14-23-17-15-22(16-18-23)12-11-20-5-3-2-4-6-20;1-14-6-8-15(9-7-14)10-11-18-12-16-4-2-3-5-17(16)13-19-18;1-13-7-9-15(10-8-13)12-11-14-5-3-2-4-6-14/h2-18H,1H3;2-12H,13H2,1H3;2-12H,1H3/b12-11+,14-13+;11-10+;12-11+. The van der Waals surface area contributed by atoms with Gasteiger partial charge in [0.25, 0.3) is 0 Å². The molecule has 57 heavy (non-hydrogen) atoms. The van der Waals surface area contributed by atoms with Gasteiger partial charge in [0, 0.05) is 0 Å². The highest BCUT2D eigenvalue weighted by Gasteiger charge is 2.08. The van der Waals surface area contributed by atoms with Crippen LogP contribution in [0.15, 0.2) is 194 Å². The third-order valence-electron chi connectivity index (χ3n) is 9.36. The molecule has 0 saturated heterocycles. The van der Waals surface area contributed by atoms with Crippen LogP contribution in [0, 0.1) is 20.8 Å². The lowest BCUT2D eigenvalue weighted by Crippen LogP contribution is -2.00. The fourth-order valence-corrected chi connectivity index (χ4v) is 5.89. The van der Waals surface area contributed by atoms with E-state index < -0.39 is 0 Å². The van der Waals surface area contributed by atoms with E-state index in [1.54, 1.807) is 0 Å². The Balaban J connectivity index is 0.000000148. The maximum atomic E-state index is 5.72. The van der Waals surface area contributed by atoms with E-state index in [2.05, 4.69) is 233 Å². The van der Waals surface area contributed by atoms with Gasteiger partial charge < -0.3 is 4.74 Å². The van der Waals surface area contributed by atoms with E-state index >= 15 is 0 Å². The van der Waals surface area contributed by atoms with Crippen LogP contribution in [0.25, 0.3) is 48.6 Å². The summed E-state index contributed by atoms with van der Waals surface area (Å²) in [4.78, 5) is 0. The van der Waals surface area contributed by atoms with Crippen LogP contribution in [0.3, 0.4) is 0 Å². The molecule has 0 amide bonds. The van der Waals surface area contributed by atoms with Crippen molar-refractivity contribution >= 4 is 48.6 Å². The highest BCUT2D eigenvalue weighted by atomic mass is 16.5. The molecule has 0 fully saturated rings. The van der Waals surface area contributed by atoms with Crippen LogP contribution in [-0.2, 0) is 11.3 Å². The van der Waals surface area contributed by atoms with Crippen LogP contribution in [0.5, 0.6) is 0 Å². The monoisotopic (exact) mass is 738 g/mol. The Morgan fingerprint density at radius 3 is 1.00 bits per heavy atom. The zero-order chi connectivity index (χ0) is 39.5. The van der Waals surface area contributed by atoms with Gasteiger partial charge in [-0.05, 0) is 83.0 Å². The van der Waals surface area contributed by atoms with Crippen molar-refractivity contribution in [2.24, 2.45) is 0 Å². The van der Waals surface area contributed by atoms with Crippen molar-refractivity contribution in [1.29, 1.82) is 0 Å². The number of benzene rings is 7. The third-order valence-corrected chi connectivity index (χ3v) is 9.36. The predicted molar refractivity (Wildman–Crippen MR) is 248 cm³/mol. The number of aryl methyl sites for hydroxylation is 3. The van der Waals surface area contributed by atoms with Gasteiger partial charge in [-0.15, -0.1) is 0 Å². The molecule has 8 rings (SSSR count). The molecule has 7 aromatic rings. The molecule has 1 nitrogen and oxygen atoms in total. The molecule has 0 aromatic heterocycles. The van der Waals surface area contributed by atoms with E-state index in [9.17, 15) is 0 Å². The smallest absolute Gasteiger partial charge is 0.120 e. The second-order valence-corrected chi connectivity index (χ2v) is 14.1. The Bertz CT molecular complexity index is 2410. The van der Waals surface area contributed by atoms with Gasteiger partial charge in [0.2, 0.25) is 0 Å². The zero-order valence-electron chi connectivity index (χ0n) is 33.1. The highest BCUT2D eigenvalue weighted by molar-refractivity contribution is 5.73. The number of fused-ring (bicyclic) bond motifs is 1. The van der Waals surface area contributed by atoms with Gasteiger partial charge in [-0.2, -0.15) is 0 Å². The van der Waals surface area contributed by atoms with E-state index in [1.807, 2.05) is 24.3 Å². The number of hydrogen-bond donors (Lipinski definition) is 0. The maximum absolute atomic E-state index is 5.72. The van der Waals surface area contributed by atoms with Gasteiger partial charge in [0.05, 0.1) is 0 Å². The highest BCUT2D eigenvalue weighted by Crippen LogP contribution is 2.23. The van der Waals surface area contributed by atoms with Gasteiger partial charge in [-0.1, -0.05) is 241 Å². The lowest BCUT2D eigenvalue weighted by Gasteiger charge is -2.15. The molecule has 1 aliphatic heterocycles. The van der Waals surface area contributed by atoms with Crippen LogP contribution in [0.2, 0.25) is 0 Å². The minimum Gasteiger partial charge on any atom is -0.489 e. The predicted octanol–water partition coefficient (Wildman–Crippen LogP) is 15.1. The normalized spacial score (nSPS) is 12.0. The van der Waals surface area contributed by atoms with Gasteiger partial charge in [-0.3, -0.25) is 0 Å². The Morgan fingerprint density at radius 2 is 0.614 bits per heavy atom. The first kappa shape index (κ1) is 39.7. The average molecular weight is 739 g/mol. The van der Waals surface area contributed by atoms with Gasteiger partial charge in [0.1, 0.15) is 12.4 Å². The average Bonchev–Trinajstić information content (AvgIpc) is 3.26. The summed E-state index contributed by atoms with van der Waals surface area (Å²) in [6.07, 6.45) is 19.0. The third kappa shape index (κ3) is 13.7. The van der Waals surface area contributed by atoms with E-state index in [-0.39, 0.29) is 0 Å². The molecule has 0 radical (unpaired) electrons. The molecule has 1 heterocycles. The molecule has 0 bridgehead atoms. The van der Waals surface area contributed by atoms with Gasteiger partial charge >= 0.3 is 0 Å². The van der Waals surface area contributed by atoms with Crippen molar-refractivity contribution in [3.05, 3.63) is 261 Å². The summed E-state index contributed by atoms with van der Waals surface area (Å²) in [5, 5.41) is 0. The van der Waals surface area contributed by atoms with Crippen molar-refractivity contribution in [2.75, 3.05) is 0 Å². The molecule has 0 aliphatic carbocycles. The number of rotatable bonds is 8. The molecule has 7 aromatic carbocycles. The van der Waals surface area contributed by atoms with E-state index in [0.717, 1.165) is 5.76 Å². The van der Waals surface area contributed by atoms with E-state index in [4.69, 9.17) is 4.74 Å². The summed E-state index contributed by atoms with van der Waals surface area (Å²) in [5.41, 5.74) is 14.9. The Labute approximate surface area is 340 Å². The second-order valence-electron chi connectivity index (χ2n) is 14.1. The summed E-state index contributed by atoms with van der Waals surface area (Å²) >= 11 is 0. The van der Waals surface area contributed by atoms with Crippen LogP contribution in [0.4, 0.5) is 0 Å². The Kier molecular flexibility index (Phi) is 14.8. The van der Waals surface area contributed by atoms with Crippen LogP contribution in [0.1, 0.15) is 66.8 Å². The fourth-order valence-electron chi connectivity index (χ4n) is 5.89. The van der Waals surface area contributed by atoms with Crippen LogP contribution < -0.4 is 0 Å². The first-order valence-corrected chi connectivity index (χ1v) is 19.5. The Morgan fingerprint density at radius 1 is 0.316 bits per heavy atom. The lowest BCUT2D eigenvalue weighted by atomic mass is 10.1. The molecule has 0 atom stereocenters. The maximum Gasteiger partial charge on any atom is 0.120 e. The zero-order valence-corrected chi connectivity index (χ0v) is 33.1. The van der Waals surface area contributed by atoms with Gasteiger partial charge in [0.15, 0.2) is 0 Å². The molecular weight excluding hydrogens is 689 g/mol. The summed E-state index contributed by atoms with van der Waals surface area (Å²) in [7, 11) is 0. The fraction of sp³-hybridized carbons (Fsp3) is 0.0714. The van der Waals surface area contributed by atoms with Crippen molar-refractivity contribution in [2.45, 2.75) is 27.4 Å². The quantitative estimate of drug-likeness (QED) is 0.141. The number of allylic oxidation sites excluding steroid dienone is 1. The number of hydrogen-bond acceptors (Lipinski definition) is 1. The molecule has 280 valence electrons. The lowest BCUT2D eigenvalue weighted by molar-refractivity contribution is 0.210. The summed E-state index contributed by atoms with van der Waals surface area (Å²) in [6, 6.07) is 63.2. The molecule has 0 saturated carbocycles.